The summed E-state index contributed by atoms with van der Waals surface area (Å²) in [5.41, 5.74) is 0. The maximum absolute atomic E-state index is 5.91. The molecule has 9 heteroatoms. The number of rotatable bonds is 11. The van der Waals surface area contributed by atoms with Crippen LogP contribution in [0.3, 0.4) is 0 Å². The fourth-order valence-corrected chi connectivity index (χ4v) is 5.09. The molecular weight excluding hydrogens is 488 g/mol. The predicted molar refractivity (Wildman–Crippen MR) is 113 cm³/mol. The molecule has 0 radical (unpaired) electrons. The van der Waals surface area contributed by atoms with Crippen LogP contribution in [0, 0.1) is 0 Å². The molecule has 0 amide bonds. The van der Waals surface area contributed by atoms with Crippen molar-refractivity contribution in [3.05, 3.63) is 21.1 Å². The maximum Gasteiger partial charge on any atom is 0.503 e. The first-order valence-electron chi connectivity index (χ1n) is 8.06. The summed E-state index contributed by atoms with van der Waals surface area (Å²) in [6.07, 6.45) is 0. The Hall–Kier alpha value is 0.0938. The molecule has 144 valence electrons. The van der Waals surface area contributed by atoms with E-state index in [4.69, 9.17) is 22.8 Å². The van der Waals surface area contributed by atoms with Gasteiger partial charge in [-0.15, -0.1) is 0 Å². The van der Waals surface area contributed by atoms with E-state index in [1.165, 1.54) is 0 Å². The largest absolute Gasteiger partial charge is 0.503 e. The van der Waals surface area contributed by atoms with Crippen LogP contribution in [0.25, 0.3) is 0 Å². The van der Waals surface area contributed by atoms with Crippen LogP contribution in [-0.2, 0) is 13.3 Å². The SMILES string of the molecule is CO[Si](CCOc1cc(Br)c(OCC[Si](C)(C)C)cc1Br)(OC)OC. The molecule has 0 aliphatic heterocycles. The third-order valence-electron chi connectivity index (χ3n) is 3.69. The highest BCUT2D eigenvalue weighted by molar-refractivity contribution is 9.11. The van der Waals surface area contributed by atoms with Gasteiger partial charge in [-0.3, -0.25) is 0 Å². The Bertz CT molecular complexity index is 540. The van der Waals surface area contributed by atoms with Gasteiger partial charge >= 0.3 is 8.80 Å². The first-order chi connectivity index (χ1) is 11.7. The Morgan fingerprint density at radius 2 is 1.16 bits per heavy atom. The third kappa shape index (κ3) is 7.70. The molecule has 0 aliphatic carbocycles. The van der Waals surface area contributed by atoms with Gasteiger partial charge in [-0.2, -0.15) is 0 Å². The summed E-state index contributed by atoms with van der Waals surface area (Å²) in [6.45, 7) is 8.16. The molecule has 1 rings (SSSR count). The van der Waals surface area contributed by atoms with Crippen LogP contribution in [-0.4, -0.2) is 51.4 Å². The van der Waals surface area contributed by atoms with E-state index in [0.717, 1.165) is 33.1 Å². The zero-order valence-corrected chi connectivity index (χ0v) is 21.0. The second-order valence-corrected chi connectivity index (χ2v) is 17.2. The fourth-order valence-electron chi connectivity index (χ4n) is 2.04. The molecule has 1 aromatic rings. The van der Waals surface area contributed by atoms with Crippen molar-refractivity contribution in [3.63, 3.8) is 0 Å². The van der Waals surface area contributed by atoms with Gasteiger partial charge in [0.1, 0.15) is 11.5 Å². The van der Waals surface area contributed by atoms with E-state index in [1.807, 2.05) is 12.1 Å². The summed E-state index contributed by atoms with van der Waals surface area (Å²) in [6, 6.07) is 5.52. The van der Waals surface area contributed by atoms with Gasteiger partial charge in [-0.05, 0) is 50.0 Å². The lowest BCUT2D eigenvalue weighted by molar-refractivity contribution is 0.117. The van der Waals surface area contributed by atoms with Crippen LogP contribution in [0.1, 0.15) is 0 Å². The number of halogens is 2. The third-order valence-corrected chi connectivity index (χ3v) is 9.32. The maximum atomic E-state index is 5.91. The summed E-state index contributed by atoms with van der Waals surface area (Å²) in [4.78, 5) is 0. The Morgan fingerprint density at radius 1 is 0.760 bits per heavy atom. The van der Waals surface area contributed by atoms with Gasteiger partial charge in [0.15, 0.2) is 0 Å². The van der Waals surface area contributed by atoms with Crippen LogP contribution >= 0.6 is 31.9 Å². The highest BCUT2D eigenvalue weighted by Crippen LogP contribution is 2.36. The molecule has 0 bridgehead atoms. The first-order valence-corrected chi connectivity index (χ1v) is 15.3. The quantitative estimate of drug-likeness (QED) is 0.379. The van der Waals surface area contributed by atoms with Gasteiger partial charge in [0, 0.05) is 29.4 Å². The van der Waals surface area contributed by atoms with Crippen molar-refractivity contribution in [2.75, 3.05) is 34.5 Å². The minimum absolute atomic E-state index is 0.433. The highest BCUT2D eigenvalue weighted by atomic mass is 79.9. The average Bonchev–Trinajstić information content (AvgIpc) is 2.55. The van der Waals surface area contributed by atoms with Crippen LogP contribution in [0.5, 0.6) is 11.5 Å². The smallest absolute Gasteiger partial charge is 0.493 e. The number of benzene rings is 1. The molecular formula is C16H28Br2O5Si2. The number of ether oxygens (including phenoxy) is 2. The Morgan fingerprint density at radius 3 is 1.52 bits per heavy atom. The van der Waals surface area contributed by atoms with E-state index >= 15 is 0 Å². The monoisotopic (exact) mass is 514 g/mol. The second kappa shape index (κ2) is 10.4. The minimum Gasteiger partial charge on any atom is -0.493 e. The summed E-state index contributed by atoms with van der Waals surface area (Å²) in [5.74, 6) is 1.54. The molecule has 0 aliphatic rings. The molecule has 25 heavy (non-hydrogen) atoms. The van der Waals surface area contributed by atoms with E-state index in [-0.39, 0.29) is 0 Å². The molecule has 0 spiro atoms. The predicted octanol–water partition coefficient (Wildman–Crippen LogP) is 5.19. The van der Waals surface area contributed by atoms with Crippen molar-refractivity contribution in [2.45, 2.75) is 31.7 Å². The summed E-state index contributed by atoms with van der Waals surface area (Å²) < 4.78 is 29.7. The van der Waals surface area contributed by atoms with Gasteiger partial charge in [0.25, 0.3) is 0 Å². The van der Waals surface area contributed by atoms with Crippen molar-refractivity contribution in [1.29, 1.82) is 0 Å². The Balaban J connectivity index is 2.66. The number of hydrogen-bond donors (Lipinski definition) is 0. The van der Waals surface area contributed by atoms with E-state index in [2.05, 4.69) is 51.5 Å². The standard InChI is InChI=1S/C16H28Br2O5Si2/c1-19-25(20-2,21-3)10-8-23-16-12-13(17)15(11-14(16)18)22-7-9-24(4,5)6/h11-12H,7-10H2,1-6H3. The van der Waals surface area contributed by atoms with Gasteiger partial charge in [0.2, 0.25) is 0 Å². The van der Waals surface area contributed by atoms with Crippen molar-refractivity contribution < 1.29 is 22.8 Å². The van der Waals surface area contributed by atoms with E-state index in [1.54, 1.807) is 21.3 Å². The molecule has 1 aromatic carbocycles. The molecule has 0 N–H and O–H groups in total. The normalized spacial score (nSPS) is 12.3. The van der Waals surface area contributed by atoms with Crippen molar-refractivity contribution in [3.8, 4) is 11.5 Å². The van der Waals surface area contributed by atoms with Gasteiger partial charge in [0.05, 0.1) is 28.2 Å². The lowest BCUT2D eigenvalue weighted by atomic mass is 10.3. The molecule has 0 saturated carbocycles. The van der Waals surface area contributed by atoms with Crippen molar-refractivity contribution >= 4 is 48.7 Å². The van der Waals surface area contributed by atoms with Crippen molar-refractivity contribution in [1.82, 2.24) is 0 Å². The topological polar surface area (TPSA) is 46.2 Å². The summed E-state index contributed by atoms with van der Waals surface area (Å²) >= 11 is 7.10. The highest BCUT2D eigenvalue weighted by Gasteiger charge is 2.37. The first kappa shape index (κ1) is 23.1. The van der Waals surface area contributed by atoms with E-state index in [9.17, 15) is 0 Å². The van der Waals surface area contributed by atoms with Crippen LogP contribution in [0.15, 0.2) is 21.1 Å². The zero-order chi connectivity index (χ0) is 19.1. The van der Waals surface area contributed by atoms with Gasteiger partial charge in [-0.1, -0.05) is 19.6 Å². The van der Waals surface area contributed by atoms with Gasteiger partial charge < -0.3 is 22.8 Å². The fraction of sp³-hybridized carbons (Fsp3) is 0.625. The number of hydrogen-bond acceptors (Lipinski definition) is 5. The van der Waals surface area contributed by atoms with E-state index in [0.29, 0.717) is 12.7 Å². The minimum atomic E-state index is -2.62. The summed E-state index contributed by atoms with van der Waals surface area (Å²) in [5, 5.41) is 0. The Labute approximate surface area is 170 Å². The molecule has 0 saturated heterocycles. The molecule has 0 aromatic heterocycles. The lowest BCUT2D eigenvalue weighted by Gasteiger charge is -2.24. The molecule has 0 unspecified atom stereocenters. The Kier molecular flexibility index (Phi) is 9.65. The van der Waals surface area contributed by atoms with Crippen molar-refractivity contribution in [2.24, 2.45) is 0 Å². The second-order valence-electron chi connectivity index (χ2n) is 6.77. The molecule has 0 heterocycles. The van der Waals surface area contributed by atoms with Crippen LogP contribution in [0.2, 0.25) is 31.7 Å². The van der Waals surface area contributed by atoms with Gasteiger partial charge in [-0.25, -0.2) is 0 Å². The molecule has 0 fully saturated rings. The summed E-state index contributed by atoms with van der Waals surface area (Å²) in [7, 11) is 1.06. The van der Waals surface area contributed by atoms with Crippen LogP contribution in [0.4, 0.5) is 0 Å². The lowest BCUT2D eigenvalue weighted by Crippen LogP contribution is -2.44. The van der Waals surface area contributed by atoms with E-state index < -0.39 is 16.9 Å². The molecule has 5 nitrogen and oxygen atoms in total. The molecule has 0 atom stereocenters. The zero-order valence-electron chi connectivity index (χ0n) is 15.8. The van der Waals surface area contributed by atoms with Crippen LogP contribution < -0.4 is 9.47 Å². The average molecular weight is 516 g/mol.